The van der Waals surface area contributed by atoms with Crippen molar-refractivity contribution in [1.29, 1.82) is 0 Å². The highest BCUT2D eigenvalue weighted by molar-refractivity contribution is 9.09. The van der Waals surface area contributed by atoms with E-state index in [9.17, 15) is 0 Å². The van der Waals surface area contributed by atoms with Crippen LogP contribution in [0.2, 0.25) is 0 Å². The lowest BCUT2D eigenvalue weighted by Crippen LogP contribution is -2.32. The van der Waals surface area contributed by atoms with Crippen LogP contribution in [0.3, 0.4) is 0 Å². The van der Waals surface area contributed by atoms with E-state index >= 15 is 0 Å². The molecule has 100 valence electrons. The van der Waals surface area contributed by atoms with Crippen LogP contribution in [-0.2, 0) is 0 Å². The summed E-state index contributed by atoms with van der Waals surface area (Å²) in [5, 5.41) is 1.21. The molecule has 0 radical (unpaired) electrons. The van der Waals surface area contributed by atoms with E-state index in [4.69, 9.17) is 0 Å². The molecule has 2 fully saturated rings. The maximum absolute atomic E-state index is 3.70. The first-order valence-electron chi connectivity index (χ1n) is 7.24. The van der Waals surface area contributed by atoms with E-state index in [2.05, 4.69) is 41.6 Å². The van der Waals surface area contributed by atoms with Gasteiger partial charge >= 0.3 is 0 Å². The molecule has 0 N–H and O–H groups in total. The number of alkyl halides is 1. The van der Waals surface area contributed by atoms with E-state index < -0.39 is 0 Å². The lowest BCUT2D eigenvalue weighted by molar-refractivity contribution is 0.199. The SMILES string of the molecule is CC(C)(C)C1CCCN(CC2(CBr)CC2)CC1. The Balaban J connectivity index is 1.84. The zero-order chi connectivity index (χ0) is 12.5. The van der Waals surface area contributed by atoms with E-state index in [0.717, 1.165) is 5.92 Å². The largest absolute Gasteiger partial charge is 0.303 e. The fourth-order valence-electron chi connectivity index (χ4n) is 3.17. The molecular weight excluding hydrogens is 274 g/mol. The van der Waals surface area contributed by atoms with Gasteiger partial charge in [0.15, 0.2) is 0 Å². The lowest BCUT2D eigenvalue weighted by atomic mass is 9.77. The first-order chi connectivity index (χ1) is 7.95. The Hall–Kier alpha value is 0.440. The normalized spacial score (nSPS) is 30.0. The lowest BCUT2D eigenvalue weighted by Gasteiger charge is -2.30. The topological polar surface area (TPSA) is 3.24 Å². The molecule has 1 atom stereocenters. The molecule has 2 aliphatic rings. The molecule has 0 aromatic carbocycles. The van der Waals surface area contributed by atoms with Crippen molar-refractivity contribution in [3.63, 3.8) is 0 Å². The maximum Gasteiger partial charge on any atom is 0.0100 e. The van der Waals surface area contributed by atoms with E-state index in [1.54, 1.807) is 0 Å². The monoisotopic (exact) mass is 301 g/mol. The predicted molar refractivity (Wildman–Crippen MR) is 78.7 cm³/mol. The van der Waals surface area contributed by atoms with Crippen LogP contribution in [0.25, 0.3) is 0 Å². The van der Waals surface area contributed by atoms with Crippen LogP contribution in [0.15, 0.2) is 0 Å². The Kier molecular flexibility index (Phi) is 4.24. The van der Waals surface area contributed by atoms with E-state index in [1.807, 2.05) is 0 Å². The molecule has 1 saturated heterocycles. The molecule has 2 heteroatoms. The van der Waals surface area contributed by atoms with Gasteiger partial charge in [-0.05, 0) is 61.9 Å². The van der Waals surface area contributed by atoms with E-state index in [1.165, 1.54) is 57.1 Å². The summed E-state index contributed by atoms with van der Waals surface area (Å²) >= 11 is 3.70. The fraction of sp³-hybridized carbons (Fsp3) is 1.00. The van der Waals surface area contributed by atoms with E-state index in [0.29, 0.717) is 10.8 Å². The van der Waals surface area contributed by atoms with Crippen molar-refractivity contribution in [2.24, 2.45) is 16.7 Å². The van der Waals surface area contributed by atoms with Crippen molar-refractivity contribution in [2.45, 2.75) is 52.9 Å². The summed E-state index contributed by atoms with van der Waals surface area (Å²) < 4.78 is 0. The number of hydrogen-bond acceptors (Lipinski definition) is 1. The highest BCUT2D eigenvalue weighted by atomic mass is 79.9. The number of halogens is 1. The van der Waals surface area contributed by atoms with Crippen LogP contribution in [0.5, 0.6) is 0 Å². The minimum absolute atomic E-state index is 0.503. The van der Waals surface area contributed by atoms with Crippen LogP contribution in [0.4, 0.5) is 0 Å². The summed E-state index contributed by atoms with van der Waals surface area (Å²) in [6, 6.07) is 0. The van der Waals surface area contributed by atoms with Crippen molar-refractivity contribution in [3.8, 4) is 0 Å². The van der Waals surface area contributed by atoms with Crippen LogP contribution >= 0.6 is 15.9 Å². The Bertz CT molecular complexity index is 252. The highest BCUT2D eigenvalue weighted by Gasteiger charge is 2.43. The number of rotatable bonds is 3. The van der Waals surface area contributed by atoms with Crippen LogP contribution < -0.4 is 0 Å². The van der Waals surface area contributed by atoms with Crippen molar-refractivity contribution < 1.29 is 0 Å². The third-order valence-corrected chi connectivity index (χ3v) is 6.03. The number of hydrogen-bond donors (Lipinski definition) is 0. The van der Waals surface area contributed by atoms with Gasteiger partial charge in [-0.25, -0.2) is 0 Å². The van der Waals surface area contributed by atoms with E-state index in [-0.39, 0.29) is 0 Å². The van der Waals surface area contributed by atoms with Crippen LogP contribution in [0, 0.1) is 16.7 Å². The first kappa shape index (κ1) is 13.9. The second-order valence-electron chi connectivity index (χ2n) is 7.40. The second kappa shape index (κ2) is 5.21. The van der Waals surface area contributed by atoms with Crippen molar-refractivity contribution in [2.75, 3.05) is 25.0 Å². The Labute approximate surface area is 115 Å². The smallest absolute Gasteiger partial charge is 0.0100 e. The molecule has 2 rings (SSSR count). The summed E-state index contributed by atoms with van der Waals surface area (Å²) in [6.07, 6.45) is 7.12. The molecule has 0 spiro atoms. The summed E-state index contributed by atoms with van der Waals surface area (Å²) in [7, 11) is 0. The molecule has 1 nitrogen and oxygen atoms in total. The molecular formula is C15H28BrN. The standard InChI is InChI=1S/C15H28BrN/c1-14(2,3)13-5-4-9-17(10-6-13)12-15(11-16)7-8-15/h13H,4-12H2,1-3H3. The third kappa shape index (κ3) is 3.70. The summed E-state index contributed by atoms with van der Waals surface area (Å²) in [5.74, 6) is 0.923. The minimum Gasteiger partial charge on any atom is -0.303 e. The minimum atomic E-state index is 0.503. The van der Waals surface area contributed by atoms with Gasteiger partial charge in [-0.3, -0.25) is 0 Å². The Morgan fingerprint density at radius 1 is 1.18 bits per heavy atom. The maximum atomic E-state index is 3.70. The first-order valence-corrected chi connectivity index (χ1v) is 8.36. The third-order valence-electron chi connectivity index (χ3n) is 4.85. The number of likely N-dealkylation sites (tertiary alicyclic amines) is 1. The molecule has 1 aliphatic heterocycles. The van der Waals surface area contributed by atoms with Crippen LogP contribution in [-0.4, -0.2) is 29.9 Å². The quantitative estimate of drug-likeness (QED) is 0.702. The van der Waals surface area contributed by atoms with Gasteiger partial charge in [-0.2, -0.15) is 0 Å². The van der Waals surface area contributed by atoms with Gasteiger partial charge in [-0.15, -0.1) is 0 Å². The van der Waals surface area contributed by atoms with Gasteiger partial charge in [0, 0.05) is 11.9 Å². The van der Waals surface area contributed by atoms with Crippen molar-refractivity contribution in [1.82, 2.24) is 4.90 Å². The summed E-state index contributed by atoms with van der Waals surface area (Å²) in [6.45, 7) is 11.2. The van der Waals surface area contributed by atoms with Crippen molar-refractivity contribution in [3.05, 3.63) is 0 Å². The Morgan fingerprint density at radius 3 is 2.41 bits per heavy atom. The number of nitrogens with zero attached hydrogens (tertiary/aromatic N) is 1. The zero-order valence-corrected chi connectivity index (χ0v) is 13.4. The van der Waals surface area contributed by atoms with Gasteiger partial charge in [0.1, 0.15) is 0 Å². The average Bonchev–Trinajstić information content (AvgIpc) is 3.02. The predicted octanol–water partition coefficient (Wildman–Crippen LogP) is 4.31. The van der Waals surface area contributed by atoms with Gasteiger partial charge in [0.05, 0.1) is 0 Å². The van der Waals surface area contributed by atoms with Gasteiger partial charge in [0.25, 0.3) is 0 Å². The molecule has 1 aliphatic carbocycles. The Morgan fingerprint density at radius 2 is 1.88 bits per heavy atom. The van der Waals surface area contributed by atoms with Gasteiger partial charge in [-0.1, -0.05) is 36.7 Å². The molecule has 0 aromatic heterocycles. The molecule has 0 bridgehead atoms. The highest BCUT2D eigenvalue weighted by Crippen LogP contribution is 2.48. The molecule has 0 amide bonds. The molecule has 1 saturated carbocycles. The molecule has 17 heavy (non-hydrogen) atoms. The van der Waals surface area contributed by atoms with Gasteiger partial charge < -0.3 is 4.90 Å². The summed E-state index contributed by atoms with van der Waals surface area (Å²) in [5.41, 5.74) is 1.16. The zero-order valence-electron chi connectivity index (χ0n) is 11.8. The van der Waals surface area contributed by atoms with Gasteiger partial charge in [0.2, 0.25) is 0 Å². The fourth-order valence-corrected chi connectivity index (χ4v) is 3.90. The molecule has 1 heterocycles. The summed E-state index contributed by atoms with van der Waals surface area (Å²) in [4.78, 5) is 2.74. The molecule has 0 aromatic rings. The van der Waals surface area contributed by atoms with Crippen LogP contribution in [0.1, 0.15) is 52.9 Å². The molecule has 1 unspecified atom stereocenters. The average molecular weight is 302 g/mol. The van der Waals surface area contributed by atoms with Crippen molar-refractivity contribution >= 4 is 15.9 Å². The second-order valence-corrected chi connectivity index (χ2v) is 7.96.